The van der Waals surface area contributed by atoms with Crippen molar-refractivity contribution in [3.05, 3.63) is 0 Å². The van der Waals surface area contributed by atoms with Crippen molar-refractivity contribution in [1.82, 2.24) is 0 Å². The minimum atomic E-state index is -8.03. The van der Waals surface area contributed by atoms with Crippen molar-refractivity contribution in [2.45, 2.75) is 48.4 Å². The zero-order valence-electron chi connectivity index (χ0n) is 12.7. The van der Waals surface area contributed by atoms with E-state index in [1.807, 2.05) is 0 Å². The van der Waals surface area contributed by atoms with E-state index in [1.165, 1.54) is 4.74 Å². The van der Waals surface area contributed by atoms with Crippen LogP contribution in [0.1, 0.15) is 0 Å². The highest BCUT2D eigenvalue weighted by Gasteiger charge is 2.85. The predicted octanol–water partition coefficient (Wildman–Crippen LogP) is 4.34. The minimum absolute atomic E-state index is 1.23. The first kappa shape index (κ1) is 28.2. The van der Waals surface area contributed by atoms with Gasteiger partial charge in [0.25, 0.3) is 5.91 Å². The summed E-state index contributed by atoms with van der Waals surface area (Å²) >= 11 is 0. The average Bonchev–Trinajstić information content (AvgIpc) is 2.41. The molecule has 0 heterocycles. The first-order valence-electron chi connectivity index (χ1n) is 6.02. The Labute approximate surface area is 150 Å². The van der Waals surface area contributed by atoms with Crippen LogP contribution in [-0.2, 0) is 14.3 Å². The second kappa shape index (κ2) is 7.12. The highest BCUT2D eigenvalue weighted by molar-refractivity contribution is 5.82. The summed E-state index contributed by atoms with van der Waals surface area (Å²) in [5, 5.41) is 0. The van der Waals surface area contributed by atoms with Gasteiger partial charge >= 0.3 is 48.4 Å². The second-order valence-electron chi connectivity index (χ2n) is 4.86. The normalized spacial score (nSPS) is 19.2. The second-order valence-corrected chi connectivity index (χ2v) is 4.86. The Morgan fingerprint density at radius 1 is 0.533 bits per heavy atom. The maximum atomic E-state index is 13.6. The third-order valence-electron chi connectivity index (χ3n) is 2.68. The summed E-state index contributed by atoms with van der Waals surface area (Å²) < 4.78 is 217. The molecule has 0 aromatic heterocycles. The van der Waals surface area contributed by atoms with Gasteiger partial charge in [0, 0.05) is 0 Å². The molecule has 0 saturated carbocycles. The van der Waals surface area contributed by atoms with Gasteiger partial charge in [0.15, 0.2) is 0 Å². The van der Waals surface area contributed by atoms with Gasteiger partial charge in [-0.3, -0.25) is 14.3 Å². The fourth-order valence-electron chi connectivity index (χ4n) is 1.18. The fraction of sp³-hybridized carbons (Fsp3) is 0.889. The first-order valence-corrected chi connectivity index (χ1v) is 6.02. The van der Waals surface area contributed by atoms with Crippen LogP contribution in [0.25, 0.3) is 0 Å². The van der Waals surface area contributed by atoms with Gasteiger partial charge < -0.3 is 5.73 Å². The Morgan fingerprint density at radius 2 is 0.900 bits per heavy atom. The van der Waals surface area contributed by atoms with E-state index in [9.17, 15) is 79.4 Å². The molecule has 0 aliphatic heterocycles. The molecule has 2 atom stereocenters. The largest absolute Gasteiger partial charge is 0.462 e. The molecule has 1 amide bonds. The lowest BCUT2D eigenvalue weighted by molar-refractivity contribution is -0.548. The number of alkyl halides is 17. The van der Waals surface area contributed by atoms with E-state index in [1.54, 1.807) is 4.74 Å². The summed E-state index contributed by atoms with van der Waals surface area (Å²) in [6, 6.07) is 0. The molecule has 0 bridgehead atoms. The molecular formula is C9H2F17NO3. The molecule has 4 nitrogen and oxygen atoms in total. The van der Waals surface area contributed by atoms with E-state index in [0.29, 0.717) is 0 Å². The molecule has 0 aliphatic rings. The van der Waals surface area contributed by atoms with Crippen molar-refractivity contribution in [1.29, 1.82) is 0 Å². The molecule has 2 N–H and O–H groups in total. The van der Waals surface area contributed by atoms with Gasteiger partial charge in [-0.05, 0) is 0 Å². The molecule has 0 radical (unpaired) electrons. The SMILES string of the molecule is NC(=O)[C@@](F)(OC(F)(F)[C@](F)(OC(F)(F)C(F)(F)C(F)(F)F)C(F)(F)F)C(F)(F)F. The van der Waals surface area contributed by atoms with Gasteiger partial charge in [0.05, 0.1) is 0 Å². The Bertz CT molecular complexity index is 650. The van der Waals surface area contributed by atoms with Crippen LogP contribution in [0, 0.1) is 0 Å². The van der Waals surface area contributed by atoms with Crippen LogP contribution >= 0.6 is 0 Å². The van der Waals surface area contributed by atoms with E-state index in [4.69, 9.17) is 0 Å². The highest BCUT2D eigenvalue weighted by atomic mass is 19.4. The van der Waals surface area contributed by atoms with Crippen molar-refractivity contribution in [3.8, 4) is 0 Å². The van der Waals surface area contributed by atoms with Crippen molar-refractivity contribution < 1.29 is 88.9 Å². The number of hydrogen-bond donors (Lipinski definition) is 1. The molecule has 0 aliphatic carbocycles. The van der Waals surface area contributed by atoms with E-state index in [0.717, 1.165) is 0 Å². The van der Waals surface area contributed by atoms with Crippen molar-refractivity contribution in [2.75, 3.05) is 0 Å². The number of hydrogen-bond acceptors (Lipinski definition) is 3. The van der Waals surface area contributed by atoms with Crippen LogP contribution in [-0.4, -0.2) is 54.3 Å². The first-order chi connectivity index (χ1) is 12.6. The van der Waals surface area contributed by atoms with Crippen LogP contribution in [0.4, 0.5) is 74.6 Å². The Morgan fingerprint density at radius 3 is 1.13 bits per heavy atom. The number of nitrogens with two attached hydrogens (primary N) is 1. The Balaban J connectivity index is 6.63. The lowest BCUT2D eigenvalue weighted by Gasteiger charge is -2.39. The number of ether oxygens (including phenoxy) is 2. The van der Waals surface area contributed by atoms with Crippen LogP contribution < -0.4 is 5.73 Å². The minimum Gasteiger partial charge on any atom is -0.364 e. The third-order valence-corrected chi connectivity index (χ3v) is 2.68. The zero-order chi connectivity index (χ0) is 25.0. The van der Waals surface area contributed by atoms with Crippen molar-refractivity contribution >= 4 is 5.91 Å². The van der Waals surface area contributed by atoms with Gasteiger partial charge in [0.1, 0.15) is 0 Å². The molecule has 0 fully saturated rings. The summed E-state index contributed by atoms with van der Waals surface area (Å²) in [5.41, 5.74) is 3.62. The maximum absolute atomic E-state index is 13.6. The summed E-state index contributed by atoms with van der Waals surface area (Å²) in [6.45, 7) is 0. The Kier molecular flexibility index (Phi) is 6.70. The number of primary amides is 1. The van der Waals surface area contributed by atoms with Crippen LogP contribution in [0.2, 0.25) is 0 Å². The lowest BCUT2D eigenvalue weighted by Crippen LogP contribution is -2.68. The average molecular weight is 495 g/mol. The Hall–Kier alpha value is -1.80. The summed E-state index contributed by atoms with van der Waals surface area (Å²) in [7, 11) is 0. The van der Waals surface area contributed by atoms with E-state index in [-0.39, 0.29) is 0 Å². The number of rotatable bonds is 7. The van der Waals surface area contributed by atoms with E-state index in [2.05, 4.69) is 5.73 Å². The molecule has 30 heavy (non-hydrogen) atoms. The molecule has 0 rings (SSSR count). The van der Waals surface area contributed by atoms with Gasteiger partial charge in [0.2, 0.25) is 0 Å². The summed E-state index contributed by atoms with van der Waals surface area (Å²) in [5.74, 6) is -26.5. The summed E-state index contributed by atoms with van der Waals surface area (Å²) in [4.78, 5) is 10.3. The van der Waals surface area contributed by atoms with E-state index < -0.39 is 54.3 Å². The molecular weight excluding hydrogens is 493 g/mol. The van der Waals surface area contributed by atoms with Crippen molar-refractivity contribution in [2.24, 2.45) is 5.73 Å². The monoisotopic (exact) mass is 495 g/mol. The molecule has 180 valence electrons. The maximum Gasteiger partial charge on any atom is 0.462 e. The molecule has 0 saturated heterocycles. The van der Waals surface area contributed by atoms with Crippen LogP contribution in [0.15, 0.2) is 0 Å². The zero-order valence-corrected chi connectivity index (χ0v) is 12.7. The van der Waals surface area contributed by atoms with Crippen LogP contribution in [0.3, 0.4) is 0 Å². The number of amides is 1. The van der Waals surface area contributed by atoms with Gasteiger partial charge in [-0.2, -0.15) is 74.6 Å². The van der Waals surface area contributed by atoms with Crippen LogP contribution in [0.5, 0.6) is 0 Å². The van der Waals surface area contributed by atoms with Gasteiger partial charge in [-0.1, -0.05) is 0 Å². The molecule has 0 unspecified atom stereocenters. The van der Waals surface area contributed by atoms with Crippen molar-refractivity contribution in [3.63, 3.8) is 0 Å². The molecule has 0 spiro atoms. The molecule has 0 aromatic rings. The molecule has 0 aromatic carbocycles. The molecule has 21 heteroatoms. The quantitative estimate of drug-likeness (QED) is 0.535. The number of carbonyl (C=O) groups excluding carboxylic acids is 1. The summed E-state index contributed by atoms with van der Waals surface area (Å²) in [6.07, 6.45) is -38.5. The van der Waals surface area contributed by atoms with E-state index >= 15 is 0 Å². The number of carbonyl (C=O) groups is 1. The van der Waals surface area contributed by atoms with Gasteiger partial charge in [-0.25, -0.2) is 0 Å². The fourth-order valence-corrected chi connectivity index (χ4v) is 1.18. The number of halogens is 17. The topological polar surface area (TPSA) is 61.6 Å². The lowest BCUT2D eigenvalue weighted by atomic mass is 10.2. The predicted molar refractivity (Wildman–Crippen MR) is 52.0 cm³/mol. The third kappa shape index (κ3) is 4.44. The highest BCUT2D eigenvalue weighted by Crippen LogP contribution is 2.56. The standard InChI is InChI=1S/C9H2F17NO3/c10-2(1(27)28,5(14,15)16)29-9(25,26)4(13,7(20,21)22)30-8(23,24)3(11,12)6(17,18)19/h(H2,27,28)/t2-,4-/m1/s1. The smallest absolute Gasteiger partial charge is 0.364 e. The van der Waals surface area contributed by atoms with Gasteiger partial charge in [-0.15, -0.1) is 0 Å².